The number of hydrogen-bond acceptors (Lipinski definition) is 8. The van der Waals surface area contributed by atoms with E-state index in [-0.39, 0.29) is 40.3 Å². The fourth-order valence-electron chi connectivity index (χ4n) is 9.61. The van der Waals surface area contributed by atoms with Crippen LogP contribution in [0, 0.1) is 28.6 Å². The zero-order valence-corrected chi connectivity index (χ0v) is 33.2. The minimum atomic E-state index is -1.12. The van der Waals surface area contributed by atoms with E-state index in [2.05, 4.69) is 26.8 Å². The molecule has 0 amide bonds. The fourth-order valence-corrected chi connectivity index (χ4v) is 9.74. The Labute approximate surface area is 318 Å². The fraction of sp³-hybridized carbons (Fsp3) is 0.523. The second kappa shape index (κ2) is 15.0. The molecular formula is C44H53ClO8. The number of Topliss-reactive ketones (excluding diaryl/α,β-unsaturated/α-hetero) is 1. The molecule has 0 spiro atoms. The number of hydrogen-bond donors (Lipinski definition) is 0. The first-order chi connectivity index (χ1) is 24.7. The molecule has 2 aromatic rings. The molecule has 53 heavy (non-hydrogen) atoms. The van der Waals surface area contributed by atoms with Crippen molar-refractivity contribution in [2.75, 3.05) is 0 Å². The maximum atomic E-state index is 12.8. The molecule has 6 atom stereocenters. The standard InChI is InChI=1S/C24H32O4.C20H21ClO4/c1-14-12-18-19(22(4)9-6-17(27)13-21(14)22)7-10-23(5)20(18)8-11-24(23,15(2)25)28-16(3)26;1-13(2)24-19(23)20(3,4)25-17-11-7-15(8-12-17)18(22)14-5-9-16(21)10-6-14/h12-13,18-20H,6-11H2,1-5H3;5-13H,1-4H3. The van der Waals surface area contributed by atoms with E-state index in [9.17, 15) is 24.0 Å². The number of carbonyl (C=O) groups is 5. The Morgan fingerprint density at radius 2 is 1.45 bits per heavy atom. The lowest BCUT2D eigenvalue weighted by Crippen LogP contribution is -2.58. The smallest absolute Gasteiger partial charge is 0.350 e. The Kier molecular flexibility index (Phi) is 11.4. The van der Waals surface area contributed by atoms with Crippen LogP contribution in [0.1, 0.15) is 117 Å². The minimum absolute atomic E-state index is 0.0160. The third-order valence-corrected chi connectivity index (χ3v) is 12.5. The summed E-state index contributed by atoms with van der Waals surface area (Å²) >= 11 is 5.84. The highest BCUT2D eigenvalue weighted by Gasteiger charge is 2.67. The van der Waals surface area contributed by atoms with Gasteiger partial charge in [0.05, 0.1) is 6.10 Å². The highest BCUT2D eigenvalue weighted by molar-refractivity contribution is 6.30. The summed E-state index contributed by atoms with van der Waals surface area (Å²) in [5, 5.41) is 0.579. The quantitative estimate of drug-likeness (QED) is 0.194. The lowest BCUT2D eigenvalue weighted by atomic mass is 9.47. The molecule has 9 heteroatoms. The summed E-state index contributed by atoms with van der Waals surface area (Å²) in [6.45, 7) is 16.5. The zero-order chi connectivity index (χ0) is 39.1. The van der Waals surface area contributed by atoms with E-state index < -0.39 is 17.2 Å². The van der Waals surface area contributed by atoms with Crippen LogP contribution in [-0.2, 0) is 28.7 Å². The van der Waals surface area contributed by atoms with Crippen molar-refractivity contribution in [1.29, 1.82) is 0 Å². The van der Waals surface area contributed by atoms with Crippen molar-refractivity contribution < 1.29 is 38.2 Å². The number of benzene rings is 2. The van der Waals surface area contributed by atoms with Crippen LogP contribution in [0.5, 0.6) is 5.75 Å². The summed E-state index contributed by atoms with van der Waals surface area (Å²) < 4.78 is 16.7. The van der Waals surface area contributed by atoms with E-state index in [1.54, 1.807) is 83.1 Å². The number of rotatable bonds is 8. The summed E-state index contributed by atoms with van der Waals surface area (Å²) in [5.41, 5.74) is 1.11. The number of esters is 2. The molecule has 0 aromatic heterocycles. The molecule has 8 nitrogen and oxygen atoms in total. The summed E-state index contributed by atoms with van der Waals surface area (Å²) in [6.07, 6.45) is 8.98. The number of ether oxygens (including phenoxy) is 3. The Morgan fingerprint density at radius 3 is 2.02 bits per heavy atom. The molecular weight excluding hydrogens is 692 g/mol. The third kappa shape index (κ3) is 7.67. The second-order valence-corrected chi connectivity index (χ2v) is 16.9. The van der Waals surface area contributed by atoms with E-state index in [4.69, 9.17) is 25.8 Å². The Balaban J connectivity index is 0.000000206. The number of ketones is 3. The van der Waals surface area contributed by atoms with Crippen LogP contribution < -0.4 is 4.74 Å². The van der Waals surface area contributed by atoms with Gasteiger partial charge in [-0.15, -0.1) is 0 Å². The van der Waals surface area contributed by atoms with Gasteiger partial charge in [0.2, 0.25) is 0 Å². The van der Waals surface area contributed by atoms with Gasteiger partial charge in [0.1, 0.15) is 5.75 Å². The van der Waals surface area contributed by atoms with Gasteiger partial charge in [-0.2, -0.15) is 0 Å². The molecule has 0 N–H and O–H groups in total. The number of carbonyl (C=O) groups excluding carboxylic acids is 5. The van der Waals surface area contributed by atoms with Gasteiger partial charge in [0.25, 0.3) is 0 Å². The van der Waals surface area contributed by atoms with Crippen molar-refractivity contribution in [1.82, 2.24) is 0 Å². The van der Waals surface area contributed by atoms with Gasteiger partial charge in [-0.25, -0.2) is 4.79 Å². The van der Waals surface area contributed by atoms with Gasteiger partial charge in [-0.3, -0.25) is 19.2 Å². The molecule has 4 aliphatic rings. The molecule has 0 bridgehead atoms. The Morgan fingerprint density at radius 1 is 0.868 bits per heavy atom. The predicted molar refractivity (Wildman–Crippen MR) is 204 cm³/mol. The molecule has 284 valence electrons. The predicted octanol–water partition coefficient (Wildman–Crippen LogP) is 9.26. The lowest BCUT2D eigenvalue weighted by molar-refractivity contribution is -0.185. The number of halogens is 1. The SMILES string of the molecule is CC(=O)OC1(C(C)=O)CCC2C3C=C(C)C4=CC(=O)CCC4(C)C3CCC21C.CC(C)OC(=O)C(C)(C)Oc1ccc(C(=O)c2ccc(Cl)cc2)cc1. The van der Waals surface area contributed by atoms with Gasteiger partial charge in [0, 0.05) is 34.9 Å². The first kappa shape index (κ1) is 40.2. The average molecular weight is 745 g/mol. The molecule has 2 saturated carbocycles. The van der Waals surface area contributed by atoms with Crippen LogP contribution in [0.2, 0.25) is 5.02 Å². The van der Waals surface area contributed by atoms with Crippen LogP contribution >= 0.6 is 11.6 Å². The molecule has 2 aromatic carbocycles. The number of allylic oxidation sites excluding steroid dienone is 4. The van der Waals surface area contributed by atoms with Crippen LogP contribution in [0.15, 0.2) is 71.8 Å². The van der Waals surface area contributed by atoms with E-state index in [0.717, 1.165) is 25.7 Å². The van der Waals surface area contributed by atoms with Gasteiger partial charge < -0.3 is 14.2 Å². The van der Waals surface area contributed by atoms with E-state index in [1.165, 1.54) is 18.1 Å². The van der Waals surface area contributed by atoms with E-state index >= 15 is 0 Å². The average Bonchev–Trinajstić information content (AvgIpc) is 3.38. The minimum Gasteiger partial charge on any atom is -0.476 e. The van der Waals surface area contributed by atoms with Gasteiger partial charge in [-0.05, 0) is 157 Å². The van der Waals surface area contributed by atoms with Crippen LogP contribution in [0.25, 0.3) is 0 Å². The van der Waals surface area contributed by atoms with Crippen LogP contribution in [0.3, 0.4) is 0 Å². The Hall–Kier alpha value is -4.04. The van der Waals surface area contributed by atoms with Crippen LogP contribution in [-0.4, -0.2) is 46.6 Å². The van der Waals surface area contributed by atoms with E-state index in [0.29, 0.717) is 52.5 Å². The summed E-state index contributed by atoms with van der Waals surface area (Å²) in [4.78, 5) is 61.2. The molecule has 6 unspecified atom stereocenters. The van der Waals surface area contributed by atoms with Crippen molar-refractivity contribution in [2.45, 2.75) is 118 Å². The maximum Gasteiger partial charge on any atom is 0.350 e. The molecule has 0 heterocycles. The second-order valence-electron chi connectivity index (χ2n) is 16.5. The topological polar surface area (TPSA) is 113 Å². The highest BCUT2D eigenvalue weighted by Crippen LogP contribution is 2.67. The van der Waals surface area contributed by atoms with E-state index in [1.807, 2.05) is 6.08 Å². The van der Waals surface area contributed by atoms with Crippen molar-refractivity contribution in [3.05, 3.63) is 88.0 Å². The van der Waals surface area contributed by atoms with Crippen molar-refractivity contribution >= 4 is 40.9 Å². The van der Waals surface area contributed by atoms with Crippen LogP contribution in [0.4, 0.5) is 0 Å². The molecule has 4 aliphatic carbocycles. The highest BCUT2D eigenvalue weighted by atomic mass is 35.5. The summed E-state index contributed by atoms with van der Waals surface area (Å²) in [7, 11) is 0. The lowest BCUT2D eigenvalue weighted by Gasteiger charge is -2.58. The molecule has 0 aliphatic heterocycles. The van der Waals surface area contributed by atoms with Gasteiger partial charge >= 0.3 is 11.9 Å². The molecule has 0 saturated heterocycles. The van der Waals surface area contributed by atoms with Gasteiger partial charge in [0.15, 0.2) is 28.6 Å². The van der Waals surface area contributed by atoms with Crippen molar-refractivity contribution in [3.63, 3.8) is 0 Å². The van der Waals surface area contributed by atoms with Gasteiger partial charge in [-0.1, -0.05) is 37.1 Å². The Bertz CT molecular complexity index is 1840. The maximum absolute atomic E-state index is 12.8. The first-order valence-electron chi connectivity index (χ1n) is 18.7. The molecule has 6 rings (SSSR count). The largest absolute Gasteiger partial charge is 0.476 e. The molecule has 2 fully saturated rings. The summed E-state index contributed by atoms with van der Waals surface area (Å²) in [5.74, 6) is 0.963. The summed E-state index contributed by atoms with van der Waals surface area (Å²) in [6, 6.07) is 13.4. The molecule has 0 radical (unpaired) electrons. The third-order valence-electron chi connectivity index (χ3n) is 12.3. The van der Waals surface area contributed by atoms with Crippen molar-refractivity contribution in [3.8, 4) is 5.75 Å². The monoisotopic (exact) mass is 744 g/mol. The normalized spacial score (nSPS) is 28.9. The zero-order valence-electron chi connectivity index (χ0n) is 32.5. The number of fused-ring (bicyclic) bond motifs is 5. The van der Waals surface area contributed by atoms with Crippen molar-refractivity contribution in [2.24, 2.45) is 28.6 Å². The first-order valence-corrected chi connectivity index (χ1v) is 19.1.